The second kappa shape index (κ2) is 7.57. The fraction of sp³-hybridized carbons (Fsp3) is 0.947. The number of ether oxygens (including phenoxy) is 2. The molecule has 1 aliphatic heterocycles. The van der Waals surface area contributed by atoms with E-state index in [1.807, 2.05) is 20.8 Å². The van der Waals surface area contributed by atoms with Gasteiger partial charge in [-0.2, -0.15) is 0 Å². The molecule has 148 valence electrons. The Balaban J connectivity index is 2.49. The Morgan fingerprint density at radius 3 is 2.16 bits per heavy atom. The van der Waals surface area contributed by atoms with Gasteiger partial charge in [-0.15, -0.1) is 0 Å². The fourth-order valence-electron chi connectivity index (χ4n) is 2.66. The normalized spacial score (nSPS) is 21.5. The predicted molar refractivity (Wildman–Crippen MR) is 105 cm³/mol. The van der Waals surface area contributed by atoms with Crippen LogP contribution in [-0.4, -0.2) is 56.3 Å². The molecule has 1 amide bonds. The molecule has 1 aliphatic rings. The Morgan fingerprint density at radius 1 is 1.12 bits per heavy atom. The van der Waals surface area contributed by atoms with Crippen molar-refractivity contribution in [2.45, 2.75) is 97.2 Å². The quantitative estimate of drug-likeness (QED) is 0.512. The summed E-state index contributed by atoms with van der Waals surface area (Å²) in [4.78, 5) is 14.2. The topological polar surface area (TPSA) is 48.0 Å². The zero-order chi connectivity index (χ0) is 19.7. The lowest BCUT2D eigenvalue weighted by Crippen LogP contribution is -2.45. The molecule has 1 unspecified atom stereocenters. The van der Waals surface area contributed by atoms with E-state index in [1.165, 1.54) is 0 Å². The minimum Gasteiger partial charge on any atom is -0.444 e. The Hall–Kier alpha value is -0.593. The monoisotopic (exact) mass is 373 g/mol. The molecule has 25 heavy (non-hydrogen) atoms. The van der Waals surface area contributed by atoms with Gasteiger partial charge in [-0.25, -0.2) is 4.79 Å². The molecule has 0 spiro atoms. The van der Waals surface area contributed by atoms with Gasteiger partial charge < -0.3 is 18.8 Å². The van der Waals surface area contributed by atoms with Crippen LogP contribution in [0.3, 0.4) is 0 Å². The smallest absolute Gasteiger partial charge is 0.410 e. The summed E-state index contributed by atoms with van der Waals surface area (Å²) in [5.41, 5.74) is -0.740. The molecule has 1 fully saturated rings. The van der Waals surface area contributed by atoms with E-state index in [0.29, 0.717) is 19.8 Å². The number of amides is 1. The maximum atomic E-state index is 12.4. The number of likely N-dealkylation sites (tertiary alicyclic amines) is 1. The Labute approximate surface area is 155 Å². The van der Waals surface area contributed by atoms with Crippen LogP contribution in [0, 0.1) is 0 Å². The standard InChI is InChI=1S/C19H39NO4Si/c1-17(2,3)24-16(21)20-14-15(13-19(20,7)8)22-11-12-23-25(9,10)18(4,5)6/h15H,11-14H2,1-10H3. The van der Waals surface area contributed by atoms with E-state index in [9.17, 15) is 4.79 Å². The summed E-state index contributed by atoms with van der Waals surface area (Å²) in [6, 6.07) is 0. The number of hydrogen-bond donors (Lipinski definition) is 0. The molecule has 0 aliphatic carbocycles. The van der Waals surface area contributed by atoms with E-state index in [0.717, 1.165) is 6.42 Å². The van der Waals surface area contributed by atoms with Gasteiger partial charge in [0.1, 0.15) is 5.60 Å². The molecule has 1 saturated heterocycles. The second-order valence-electron chi connectivity index (χ2n) is 10.2. The average molecular weight is 374 g/mol. The highest BCUT2D eigenvalue weighted by molar-refractivity contribution is 6.74. The number of rotatable bonds is 5. The third kappa shape index (κ3) is 6.57. The molecule has 1 atom stereocenters. The summed E-state index contributed by atoms with van der Waals surface area (Å²) >= 11 is 0. The van der Waals surface area contributed by atoms with Gasteiger partial charge in [-0.1, -0.05) is 20.8 Å². The first kappa shape index (κ1) is 22.4. The van der Waals surface area contributed by atoms with Gasteiger partial charge in [0.2, 0.25) is 0 Å². The number of carbonyl (C=O) groups is 1. The van der Waals surface area contributed by atoms with Crippen molar-refractivity contribution in [2.24, 2.45) is 0 Å². The van der Waals surface area contributed by atoms with Crippen LogP contribution in [0.5, 0.6) is 0 Å². The van der Waals surface area contributed by atoms with Crippen molar-refractivity contribution in [1.82, 2.24) is 4.90 Å². The van der Waals surface area contributed by atoms with Crippen LogP contribution in [0.25, 0.3) is 0 Å². The molecule has 0 aromatic rings. The Bertz CT molecular complexity index is 463. The summed E-state index contributed by atoms with van der Waals surface area (Å²) < 4.78 is 17.7. The van der Waals surface area contributed by atoms with Crippen molar-refractivity contribution in [3.63, 3.8) is 0 Å². The maximum Gasteiger partial charge on any atom is 0.410 e. The first-order valence-corrected chi connectivity index (χ1v) is 12.2. The Kier molecular flexibility index (Phi) is 6.80. The molecule has 0 bridgehead atoms. The van der Waals surface area contributed by atoms with Crippen LogP contribution >= 0.6 is 0 Å². The summed E-state index contributed by atoms with van der Waals surface area (Å²) in [5.74, 6) is 0. The van der Waals surface area contributed by atoms with E-state index >= 15 is 0 Å². The SMILES string of the molecule is CC(C)(C)OC(=O)N1CC(OCCO[Si](C)(C)C(C)(C)C)CC1(C)C. The van der Waals surface area contributed by atoms with E-state index in [1.54, 1.807) is 4.90 Å². The molecule has 5 nitrogen and oxygen atoms in total. The number of carbonyl (C=O) groups excluding carboxylic acids is 1. The third-order valence-electron chi connectivity index (χ3n) is 5.16. The summed E-state index contributed by atoms with van der Waals surface area (Å²) in [6.07, 6.45) is 0.582. The largest absolute Gasteiger partial charge is 0.444 e. The van der Waals surface area contributed by atoms with Crippen LogP contribution < -0.4 is 0 Å². The molecule has 1 rings (SSSR count). The van der Waals surface area contributed by atoms with Crippen LogP contribution in [0.1, 0.15) is 61.8 Å². The lowest BCUT2D eigenvalue weighted by Gasteiger charge is -2.36. The van der Waals surface area contributed by atoms with Gasteiger partial charge in [-0.3, -0.25) is 0 Å². The molecule has 0 aromatic heterocycles. The molecular weight excluding hydrogens is 334 g/mol. The van der Waals surface area contributed by atoms with Crippen molar-refractivity contribution in [3.05, 3.63) is 0 Å². The maximum absolute atomic E-state index is 12.4. The molecule has 0 N–H and O–H groups in total. The number of hydrogen-bond acceptors (Lipinski definition) is 4. The molecular formula is C19H39NO4Si. The van der Waals surface area contributed by atoms with Crippen LogP contribution in [0.2, 0.25) is 18.1 Å². The molecule has 1 heterocycles. The van der Waals surface area contributed by atoms with E-state index < -0.39 is 13.9 Å². The zero-order valence-electron chi connectivity index (χ0n) is 18.0. The van der Waals surface area contributed by atoms with Crippen molar-refractivity contribution in [1.29, 1.82) is 0 Å². The second-order valence-corrected chi connectivity index (χ2v) is 15.0. The fourth-order valence-corrected chi connectivity index (χ4v) is 3.69. The number of nitrogens with zero attached hydrogens (tertiary/aromatic N) is 1. The third-order valence-corrected chi connectivity index (χ3v) is 9.70. The molecule has 0 saturated carbocycles. The van der Waals surface area contributed by atoms with Crippen LogP contribution in [0.4, 0.5) is 4.79 Å². The lowest BCUT2D eigenvalue weighted by atomic mass is 10.0. The van der Waals surface area contributed by atoms with Gasteiger partial charge in [0.05, 0.1) is 25.9 Å². The van der Waals surface area contributed by atoms with Gasteiger partial charge in [0.25, 0.3) is 0 Å². The first-order chi connectivity index (χ1) is 11.1. The lowest BCUT2D eigenvalue weighted by molar-refractivity contribution is 0.00856. The summed E-state index contributed by atoms with van der Waals surface area (Å²) in [5, 5.41) is 0.204. The predicted octanol–water partition coefficient (Wildman–Crippen LogP) is 4.81. The van der Waals surface area contributed by atoms with E-state index in [2.05, 4.69) is 47.7 Å². The van der Waals surface area contributed by atoms with Gasteiger partial charge in [-0.05, 0) is 59.2 Å². The average Bonchev–Trinajstić information content (AvgIpc) is 2.66. The highest BCUT2D eigenvalue weighted by Crippen LogP contribution is 2.36. The molecule has 0 radical (unpaired) electrons. The van der Waals surface area contributed by atoms with Gasteiger partial charge >= 0.3 is 6.09 Å². The minimum absolute atomic E-state index is 0.0329. The van der Waals surface area contributed by atoms with Crippen molar-refractivity contribution >= 4 is 14.4 Å². The molecule has 6 heteroatoms. The van der Waals surface area contributed by atoms with Crippen LogP contribution in [0.15, 0.2) is 0 Å². The first-order valence-electron chi connectivity index (χ1n) is 9.31. The Morgan fingerprint density at radius 2 is 1.68 bits per heavy atom. The molecule has 0 aromatic carbocycles. The minimum atomic E-state index is -1.73. The highest BCUT2D eigenvalue weighted by atomic mass is 28.4. The van der Waals surface area contributed by atoms with Crippen LogP contribution in [-0.2, 0) is 13.9 Å². The van der Waals surface area contributed by atoms with Crippen molar-refractivity contribution in [2.75, 3.05) is 19.8 Å². The van der Waals surface area contributed by atoms with E-state index in [4.69, 9.17) is 13.9 Å². The zero-order valence-corrected chi connectivity index (χ0v) is 19.0. The van der Waals surface area contributed by atoms with Crippen molar-refractivity contribution in [3.8, 4) is 0 Å². The summed E-state index contributed by atoms with van der Waals surface area (Å²) in [6.45, 7) is 22.7. The van der Waals surface area contributed by atoms with Gasteiger partial charge in [0.15, 0.2) is 8.32 Å². The highest BCUT2D eigenvalue weighted by Gasteiger charge is 2.43. The van der Waals surface area contributed by atoms with E-state index in [-0.39, 0.29) is 22.8 Å². The summed E-state index contributed by atoms with van der Waals surface area (Å²) in [7, 11) is -1.73. The van der Waals surface area contributed by atoms with Gasteiger partial charge in [0, 0.05) is 5.54 Å². The van der Waals surface area contributed by atoms with Crippen molar-refractivity contribution < 1.29 is 18.7 Å².